The highest BCUT2D eigenvalue weighted by atomic mass is 35.5. The standard InChI is InChI=1S/C29H27Cl2NO5/c1-5-37-23-13-8-17(14-20(23)29(2,3)4)26(34)24-25(16-6-10-19(33)11-7-16)32(28(36)27(24)35)18-9-12-21(30)22(31)15-18/h6-15,25,33-34H,5H2,1-4H3/b26-24-. The van der Waals surface area contributed by atoms with E-state index < -0.39 is 17.7 Å². The van der Waals surface area contributed by atoms with Crippen LogP contribution in [0.5, 0.6) is 11.5 Å². The lowest BCUT2D eigenvalue weighted by atomic mass is 9.84. The summed E-state index contributed by atoms with van der Waals surface area (Å²) >= 11 is 12.3. The molecule has 1 aliphatic heterocycles. The first kappa shape index (κ1) is 26.6. The number of benzene rings is 3. The van der Waals surface area contributed by atoms with Gasteiger partial charge in [0, 0.05) is 16.8 Å². The zero-order valence-electron chi connectivity index (χ0n) is 20.9. The Kier molecular flexibility index (Phi) is 7.27. The molecule has 3 aromatic rings. The number of Topliss-reactive ketones (excluding diaryl/α,β-unsaturated/α-hetero) is 1. The third kappa shape index (κ3) is 5.04. The van der Waals surface area contributed by atoms with Gasteiger partial charge in [-0.25, -0.2) is 0 Å². The lowest BCUT2D eigenvalue weighted by Gasteiger charge is -2.26. The van der Waals surface area contributed by atoms with E-state index in [2.05, 4.69) is 0 Å². The number of ketones is 1. The van der Waals surface area contributed by atoms with Gasteiger partial charge in [-0.05, 0) is 66.4 Å². The molecule has 1 aliphatic rings. The fraction of sp³-hybridized carbons (Fsp3) is 0.241. The van der Waals surface area contributed by atoms with E-state index in [1.807, 2.05) is 27.7 Å². The summed E-state index contributed by atoms with van der Waals surface area (Å²) in [5.74, 6) is -1.27. The molecule has 1 amide bonds. The topological polar surface area (TPSA) is 87.1 Å². The van der Waals surface area contributed by atoms with Crippen molar-refractivity contribution in [3.8, 4) is 11.5 Å². The van der Waals surface area contributed by atoms with E-state index in [-0.39, 0.29) is 27.5 Å². The smallest absolute Gasteiger partial charge is 0.300 e. The van der Waals surface area contributed by atoms with Crippen LogP contribution in [0.25, 0.3) is 5.76 Å². The minimum absolute atomic E-state index is 0.0246. The lowest BCUT2D eigenvalue weighted by molar-refractivity contribution is -0.132. The minimum Gasteiger partial charge on any atom is -0.508 e. The number of phenolic OH excluding ortho intramolecular Hbond substituents is 1. The molecule has 8 heteroatoms. The van der Waals surface area contributed by atoms with Crippen molar-refractivity contribution in [2.24, 2.45) is 0 Å². The fourth-order valence-corrected chi connectivity index (χ4v) is 4.70. The van der Waals surface area contributed by atoms with Crippen LogP contribution in [0, 0.1) is 0 Å². The van der Waals surface area contributed by atoms with E-state index in [1.54, 1.807) is 36.4 Å². The van der Waals surface area contributed by atoms with E-state index in [0.29, 0.717) is 34.2 Å². The largest absolute Gasteiger partial charge is 0.508 e. The van der Waals surface area contributed by atoms with Gasteiger partial charge in [-0.1, -0.05) is 56.1 Å². The van der Waals surface area contributed by atoms with Crippen molar-refractivity contribution in [1.29, 1.82) is 0 Å². The number of aliphatic hydroxyl groups excluding tert-OH is 1. The van der Waals surface area contributed by atoms with Crippen LogP contribution in [0.1, 0.15) is 50.4 Å². The number of aromatic hydroxyl groups is 1. The third-order valence-electron chi connectivity index (χ3n) is 6.20. The van der Waals surface area contributed by atoms with Crippen molar-refractivity contribution >= 4 is 46.3 Å². The summed E-state index contributed by atoms with van der Waals surface area (Å²) in [6, 6.07) is 15.0. The maximum atomic E-state index is 13.4. The molecule has 37 heavy (non-hydrogen) atoms. The van der Waals surface area contributed by atoms with Gasteiger partial charge in [-0.15, -0.1) is 0 Å². The molecule has 1 fully saturated rings. The second-order valence-electron chi connectivity index (χ2n) is 9.75. The number of nitrogens with zero attached hydrogens (tertiary/aromatic N) is 1. The van der Waals surface area contributed by atoms with Crippen LogP contribution in [0.2, 0.25) is 10.0 Å². The van der Waals surface area contributed by atoms with Gasteiger partial charge in [-0.3, -0.25) is 14.5 Å². The number of hydrogen-bond acceptors (Lipinski definition) is 5. The van der Waals surface area contributed by atoms with E-state index in [0.717, 1.165) is 5.56 Å². The molecular weight excluding hydrogens is 513 g/mol. The van der Waals surface area contributed by atoms with Gasteiger partial charge in [-0.2, -0.15) is 0 Å². The molecule has 4 rings (SSSR count). The first-order valence-corrected chi connectivity index (χ1v) is 12.5. The summed E-state index contributed by atoms with van der Waals surface area (Å²) in [6.07, 6.45) is 0. The highest BCUT2D eigenvalue weighted by Gasteiger charge is 2.47. The summed E-state index contributed by atoms with van der Waals surface area (Å²) < 4.78 is 5.79. The normalized spacial score (nSPS) is 17.4. The van der Waals surface area contributed by atoms with Crippen LogP contribution in [0.15, 0.2) is 66.2 Å². The molecule has 3 aromatic carbocycles. The summed E-state index contributed by atoms with van der Waals surface area (Å²) in [5, 5.41) is 21.9. The molecule has 1 heterocycles. The van der Waals surface area contributed by atoms with Crippen molar-refractivity contribution in [2.75, 3.05) is 11.5 Å². The predicted octanol–water partition coefficient (Wildman–Crippen LogP) is 7.02. The number of rotatable bonds is 5. The molecule has 0 radical (unpaired) electrons. The summed E-state index contributed by atoms with van der Waals surface area (Å²) in [5.41, 5.74) is 1.69. The summed E-state index contributed by atoms with van der Waals surface area (Å²) in [7, 11) is 0. The van der Waals surface area contributed by atoms with Crippen LogP contribution in [0.3, 0.4) is 0 Å². The molecule has 0 saturated carbocycles. The Balaban J connectivity index is 1.95. The van der Waals surface area contributed by atoms with Crippen LogP contribution < -0.4 is 9.64 Å². The van der Waals surface area contributed by atoms with Crippen molar-refractivity contribution in [3.63, 3.8) is 0 Å². The average Bonchev–Trinajstić information content (AvgIpc) is 3.11. The summed E-state index contributed by atoms with van der Waals surface area (Å²) in [6.45, 7) is 8.43. The quantitative estimate of drug-likeness (QED) is 0.206. The van der Waals surface area contributed by atoms with Gasteiger partial charge in [0.1, 0.15) is 17.3 Å². The number of hydrogen-bond donors (Lipinski definition) is 2. The van der Waals surface area contributed by atoms with Crippen LogP contribution in [-0.4, -0.2) is 28.5 Å². The number of aliphatic hydroxyl groups is 1. The van der Waals surface area contributed by atoms with E-state index in [9.17, 15) is 19.8 Å². The average molecular weight is 540 g/mol. The van der Waals surface area contributed by atoms with Crippen LogP contribution >= 0.6 is 23.2 Å². The second-order valence-corrected chi connectivity index (χ2v) is 10.6. The number of halogens is 2. The Morgan fingerprint density at radius 3 is 2.24 bits per heavy atom. The van der Waals surface area contributed by atoms with E-state index in [1.165, 1.54) is 29.2 Å². The Morgan fingerprint density at radius 2 is 1.65 bits per heavy atom. The molecule has 1 saturated heterocycles. The number of amides is 1. The van der Waals surface area contributed by atoms with Crippen molar-refractivity contribution < 1.29 is 24.5 Å². The first-order chi connectivity index (χ1) is 17.4. The maximum Gasteiger partial charge on any atom is 0.300 e. The molecule has 0 spiro atoms. The molecule has 0 bridgehead atoms. The Labute approximate surface area is 225 Å². The van der Waals surface area contributed by atoms with E-state index in [4.69, 9.17) is 27.9 Å². The van der Waals surface area contributed by atoms with Crippen molar-refractivity contribution in [2.45, 2.75) is 39.2 Å². The molecule has 6 nitrogen and oxygen atoms in total. The summed E-state index contributed by atoms with van der Waals surface area (Å²) in [4.78, 5) is 28.0. The van der Waals surface area contributed by atoms with Crippen molar-refractivity contribution in [1.82, 2.24) is 0 Å². The second kappa shape index (κ2) is 10.1. The molecule has 1 unspecified atom stereocenters. The molecule has 1 atom stereocenters. The number of phenols is 1. The molecule has 2 N–H and O–H groups in total. The fourth-order valence-electron chi connectivity index (χ4n) is 4.41. The van der Waals surface area contributed by atoms with Gasteiger partial charge in [0.15, 0.2) is 0 Å². The first-order valence-electron chi connectivity index (χ1n) is 11.8. The van der Waals surface area contributed by atoms with Gasteiger partial charge in [0.2, 0.25) is 0 Å². The van der Waals surface area contributed by atoms with Crippen molar-refractivity contribution in [3.05, 3.63) is 93.0 Å². The number of anilines is 1. The van der Waals surface area contributed by atoms with Gasteiger partial charge < -0.3 is 14.9 Å². The highest BCUT2D eigenvalue weighted by molar-refractivity contribution is 6.52. The van der Waals surface area contributed by atoms with Crippen LogP contribution in [0.4, 0.5) is 5.69 Å². The zero-order valence-corrected chi connectivity index (χ0v) is 22.4. The van der Waals surface area contributed by atoms with Gasteiger partial charge in [0.05, 0.1) is 28.3 Å². The molecule has 192 valence electrons. The Morgan fingerprint density at radius 1 is 0.973 bits per heavy atom. The van der Waals surface area contributed by atoms with E-state index >= 15 is 0 Å². The maximum absolute atomic E-state index is 13.4. The predicted molar refractivity (Wildman–Crippen MR) is 146 cm³/mol. The molecular formula is C29H27Cl2NO5. The van der Waals surface area contributed by atoms with Gasteiger partial charge in [0.25, 0.3) is 11.7 Å². The van der Waals surface area contributed by atoms with Crippen LogP contribution in [-0.2, 0) is 15.0 Å². The molecule has 0 aliphatic carbocycles. The Bertz CT molecular complexity index is 1410. The minimum atomic E-state index is -0.970. The number of carbonyl (C=O) groups is 2. The number of carbonyl (C=O) groups excluding carboxylic acids is 2. The van der Waals surface area contributed by atoms with Gasteiger partial charge >= 0.3 is 0 Å². The monoisotopic (exact) mass is 539 g/mol. The molecule has 0 aromatic heterocycles. The zero-order chi connectivity index (χ0) is 27.1. The SMILES string of the molecule is CCOc1ccc(/C(O)=C2/C(=O)C(=O)N(c3ccc(Cl)c(Cl)c3)C2c2ccc(O)cc2)cc1C(C)(C)C. The highest BCUT2D eigenvalue weighted by Crippen LogP contribution is 2.44. The number of ether oxygens (including phenoxy) is 1. The third-order valence-corrected chi connectivity index (χ3v) is 6.93. The lowest BCUT2D eigenvalue weighted by Crippen LogP contribution is -2.29. The Hall–Kier alpha value is -3.48.